The number of hydrogen-bond acceptors (Lipinski definition) is 6. The maximum atomic E-state index is 12.2. The lowest BCUT2D eigenvalue weighted by Crippen LogP contribution is -2.18. The molecule has 2 heterocycles. The van der Waals surface area contributed by atoms with Crippen LogP contribution in [0.25, 0.3) is 11.5 Å². The van der Waals surface area contributed by atoms with Crippen molar-refractivity contribution in [1.82, 2.24) is 10.2 Å². The van der Waals surface area contributed by atoms with Gasteiger partial charge in [0.2, 0.25) is 11.8 Å². The standard InChI is InChI=1S/C20H20N4O2S/c25-18(21-16-8-10-17(11-9-16)24-12-4-5-13-24)14-27-20-23-22-19(26-20)15-6-2-1-3-7-15/h1-3,6-11H,4-5,12-14H2,(H,21,25). The van der Waals surface area contributed by atoms with E-state index in [4.69, 9.17) is 4.42 Å². The summed E-state index contributed by atoms with van der Waals surface area (Å²) in [4.78, 5) is 14.5. The minimum absolute atomic E-state index is 0.103. The molecule has 2 aromatic carbocycles. The highest BCUT2D eigenvalue weighted by Gasteiger charge is 2.13. The van der Waals surface area contributed by atoms with E-state index < -0.39 is 0 Å². The first-order valence-corrected chi connectivity index (χ1v) is 9.93. The smallest absolute Gasteiger partial charge is 0.277 e. The molecule has 1 aliphatic rings. The van der Waals surface area contributed by atoms with Gasteiger partial charge >= 0.3 is 0 Å². The van der Waals surface area contributed by atoms with Gasteiger partial charge in [0.1, 0.15) is 0 Å². The highest BCUT2D eigenvalue weighted by Crippen LogP contribution is 2.24. The molecule has 0 unspecified atom stereocenters. The fraction of sp³-hybridized carbons (Fsp3) is 0.250. The number of anilines is 2. The average molecular weight is 380 g/mol. The van der Waals surface area contributed by atoms with E-state index in [2.05, 4.69) is 32.5 Å². The normalized spacial score (nSPS) is 13.7. The van der Waals surface area contributed by atoms with Gasteiger partial charge < -0.3 is 14.6 Å². The zero-order valence-electron chi connectivity index (χ0n) is 14.8. The number of nitrogens with zero attached hydrogens (tertiary/aromatic N) is 3. The Balaban J connectivity index is 1.29. The van der Waals surface area contributed by atoms with Gasteiger partial charge in [-0.3, -0.25) is 4.79 Å². The fourth-order valence-corrected chi connectivity index (χ4v) is 3.58. The van der Waals surface area contributed by atoms with Crippen molar-refractivity contribution >= 4 is 29.0 Å². The number of hydrogen-bond donors (Lipinski definition) is 1. The first-order chi connectivity index (χ1) is 13.3. The Hall–Kier alpha value is -2.80. The summed E-state index contributed by atoms with van der Waals surface area (Å²) in [7, 11) is 0. The SMILES string of the molecule is O=C(CSc1nnc(-c2ccccc2)o1)Nc1ccc(N2CCCC2)cc1. The summed E-state index contributed by atoms with van der Waals surface area (Å²) in [6.45, 7) is 2.22. The van der Waals surface area contributed by atoms with Crippen molar-refractivity contribution in [2.24, 2.45) is 0 Å². The Bertz CT molecular complexity index is 890. The van der Waals surface area contributed by atoms with Crippen LogP contribution in [0.4, 0.5) is 11.4 Å². The van der Waals surface area contributed by atoms with Gasteiger partial charge in [-0.15, -0.1) is 10.2 Å². The first kappa shape index (κ1) is 17.6. The van der Waals surface area contributed by atoms with Crippen LogP contribution in [0.5, 0.6) is 0 Å². The molecule has 6 nitrogen and oxygen atoms in total. The minimum Gasteiger partial charge on any atom is -0.411 e. The van der Waals surface area contributed by atoms with Crippen molar-refractivity contribution in [2.45, 2.75) is 18.1 Å². The summed E-state index contributed by atoms with van der Waals surface area (Å²) in [5.41, 5.74) is 2.86. The molecule has 27 heavy (non-hydrogen) atoms. The maximum Gasteiger partial charge on any atom is 0.277 e. The Labute approximate surface area is 162 Å². The Morgan fingerprint density at radius 2 is 1.78 bits per heavy atom. The van der Waals surface area contributed by atoms with Crippen LogP contribution in [0.2, 0.25) is 0 Å². The molecule has 1 saturated heterocycles. The highest BCUT2D eigenvalue weighted by atomic mass is 32.2. The van der Waals surface area contributed by atoms with Crippen LogP contribution in [0.1, 0.15) is 12.8 Å². The lowest BCUT2D eigenvalue weighted by atomic mass is 10.2. The van der Waals surface area contributed by atoms with Crippen LogP contribution in [-0.4, -0.2) is 34.9 Å². The second-order valence-corrected chi connectivity index (χ2v) is 7.24. The number of benzene rings is 2. The van der Waals surface area contributed by atoms with Crippen LogP contribution < -0.4 is 10.2 Å². The summed E-state index contributed by atoms with van der Waals surface area (Å²) in [6, 6.07) is 17.5. The van der Waals surface area contributed by atoms with E-state index >= 15 is 0 Å². The molecule has 0 aliphatic carbocycles. The van der Waals surface area contributed by atoms with Crippen LogP contribution in [0.3, 0.4) is 0 Å². The molecule has 7 heteroatoms. The molecule has 0 saturated carbocycles. The predicted molar refractivity (Wildman–Crippen MR) is 107 cm³/mol. The maximum absolute atomic E-state index is 12.2. The topological polar surface area (TPSA) is 71.3 Å². The average Bonchev–Trinajstić information content (AvgIpc) is 3.40. The quantitative estimate of drug-likeness (QED) is 0.650. The van der Waals surface area contributed by atoms with Crippen LogP contribution in [0.15, 0.2) is 64.2 Å². The van der Waals surface area contributed by atoms with Gasteiger partial charge in [-0.25, -0.2) is 0 Å². The fourth-order valence-electron chi connectivity index (χ4n) is 3.02. The van der Waals surface area contributed by atoms with E-state index in [1.807, 2.05) is 42.5 Å². The van der Waals surface area contributed by atoms with Gasteiger partial charge in [0.05, 0.1) is 5.75 Å². The van der Waals surface area contributed by atoms with Gasteiger partial charge in [-0.1, -0.05) is 30.0 Å². The van der Waals surface area contributed by atoms with E-state index in [-0.39, 0.29) is 11.7 Å². The van der Waals surface area contributed by atoms with Gasteiger partial charge in [-0.2, -0.15) is 0 Å². The van der Waals surface area contributed by atoms with Gasteiger partial charge in [-0.05, 0) is 49.2 Å². The predicted octanol–water partition coefficient (Wildman–Crippen LogP) is 4.07. The summed E-state index contributed by atoms with van der Waals surface area (Å²) in [5.74, 6) is 0.564. The zero-order valence-corrected chi connectivity index (χ0v) is 15.6. The van der Waals surface area contributed by atoms with Crippen LogP contribution >= 0.6 is 11.8 Å². The van der Waals surface area contributed by atoms with Crippen LogP contribution in [0, 0.1) is 0 Å². The zero-order chi connectivity index (χ0) is 18.5. The summed E-state index contributed by atoms with van der Waals surface area (Å²) in [6.07, 6.45) is 2.49. The molecule has 4 rings (SSSR count). The molecule has 1 N–H and O–H groups in total. The van der Waals surface area contributed by atoms with Gasteiger partial charge in [0.15, 0.2) is 0 Å². The molecular formula is C20H20N4O2S. The summed E-state index contributed by atoms with van der Waals surface area (Å²) >= 11 is 1.23. The highest BCUT2D eigenvalue weighted by molar-refractivity contribution is 7.99. The second-order valence-electron chi connectivity index (χ2n) is 6.32. The van der Waals surface area contributed by atoms with E-state index in [0.29, 0.717) is 11.1 Å². The number of amides is 1. The molecule has 138 valence electrons. The molecule has 1 aliphatic heterocycles. The molecular weight excluding hydrogens is 360 g/mol. The molecule has 0 radical (unpaired) electrons. The third kappa shape index (κ3) is 4.49. The summed E-state index contributed by atoms with van der Waals surface area (Å²) in [5, 5.41) is 11.3. The number of carbonyl (C=O) groups excluding carboxylic acids is 1. The van der Waals surface area contributed by atoms with Crippen molar-refractivity contribution in [3.63, 3.8) is 0 Å². The lowest BCUT2D eigenvalue weighted by molar-refractivity contribution is -0.113. The molecule has 0 bridgehead atoms. The monoisotopic (exact) mass is 380 g/mol. The number of rotatable bonds is 6. The number of carbonyl (C=O) groups is 1. The molecule has 1 fully saturated rings. The van der Waals surface area contributed by atoms with E-state index in [9.17, 15) is 4.79 Å². The molecule has 1 amide bonds. The van der Waals surface area contributed by atoms with Crippen LogP contribution in [-0.2, 0) is 4.79 Å². The van der Waals surface area contributed by atoms with E-state index in [1.54, 1.807) is 0 Å². The van der Waals surface area contributed by atoms with E-state index in [0.717, 1.165) is 24.3 Å². The Morgan fingerprint density at radius 1 is 1.04 bits per heavy atom. The lowest BCUT2D eigenvalue weighted by Gasteiger charge is -2.17. The number of nitrogens with one attached hydrogen (secondary N) is 1. The van der Waals surface area contributed by atoms with Gasteiger partial charge in [0, 0.05) is 30.0 Å². The first-order valence-electron chi connectivity index (χ1n) is 8.94. The van der Waals surface area contributed by atoms with Crippen molar-refractivity contribution in [3.05, 3.63) is 54.6 Å². The van der Waals surface area contributed by atoms with E-state index in [1.165, 1.54) is 30.3 Å². The molecule has 3 aromatic rings. The number of aromatic nitrogens is 2. The van der Waals surface area contributed by atoms with Gasteiger partial charge in [0.25, 0.3) is 5.22 Å². The Morgan fingerprint density at radius 3 is 2.52 bits per heavy atom. The third-order valence-electron chi connectivity index (χ3n) is 4.38. The number of thioether (sulfide) groups is 1. The van der Waals surface area contributed by atoms with Crippen molar-refractivity contribution in [3.8, 4) is 11.5 Å². The second kappa shape index (κ2) is 8.26. The molecule has 0 spiro atoms. The summed E-state index contributed by atoms with van der Waals surface area (Å²) < 4.78 is 5.60. The third-order valence-corrected chi connectivity index (χ3v) is 5.19. The largest absolute Gasteiger partial charge is 0.411 e. The molecule has 1 aromatic heterocycles. The molecule has 0 atom stereocenters. The minimum atomic E-state index is -0.103. The van der Waals surface area contributed by atoms with Crippen molar-refractivity contribution < 1.29 is 9.21 Å². The Kier molecular flexibility index (Phi) is 5.39. The van der Waals surface area contributed by atoms with Crippen molar-refractivity contribution in [2.75, 3.05) is 29.1 Å². The van der Waals surface area contributed by atoms with Crippen molar-refractivity contribution in [1.29, 1.82) is 0 Å².